The van der Waals surface area contributed by atoms with Gasteiger partial charge in [-0.3, -0.25) is 9.59 Å². The summed E-state index contributed by atoms with van der Waals surface area (Å²) in [5, 5.41) is 3.63. The molecule has 3 heterocycles. The lowest BCUT2D eigenvalue weighted by Gasteiger charge is -2.30. The first kappa shape index (κ1) is 19.4. The van der Waals surface area contributed by atoms with Crippen LogP contribution in [-0.2, 0) is 16.0 Å². The number of fused-ring (bicyclic) bond motifs is 2. The molecule has 1 aromatic rings. The summed E-state index contributed by atoms with van der Waals surface area (Å²) >= 11 is 0. The first-order valence-electron chi connectivity index (χ1n) is 10.6. The Morgan fingerprint density at radius 2 is 1.68 bits per heavy atom. The van der Waals surface area contributed by atoms with E-state index in [0.717, 1.165) is 25.8 Å². The van der Waals surface area contributed by atoms with Crippen LogP contribution in [0.4, 0.5) is 4.39 Å². The summed E-state index contributed by atoms with van der Waals surface area (Å²) in [6.45, 7) is 2.55. The number of nitrogens with one attached hydrogen (secondary N) is 1. The maximum atomic E-state index is 13.3. The van der Waals surface area contributed by atoms with Crippen LogP contribution < -0.4 is 5.32 Å². The molecular formula is C22H30FN3O2. The highest BCUT2D eigenvalue weighted by Crippen LogP contribution is 2.33. The molecule has 152 valence electrons. The standard InChI is InChI=1S/C22H30FN3O2/c23-18-4-1-3-16(11-18)14-21(27)25-7-2-8-26(10-9-25)22(28)15-17-12-19-5-6-20(13-17)24-19/h1,3-4,11,17,19-20,24H,2,5-10,12-15H2. The van der Waals surface area contributed by atoms with Gasteiger partial charge in [0.2, 0.25) is 11.8 Å². The Bertz CT molecular complexity index is 713. The Morgan fingerprint density at radius 3 is 2.36 bits per heavy atom. The summed E-state index contributed by atoms with van der Waals surface area (Å²) in [7, 11) is 0. The fraction of sp³-hybridized carbons (Fsp3) is 0.636. The van der Waals surface area contributed by atoms with Crippen molar-refractivity contribution in [3.05, 3.63) is 35.6 Å². The summed E-state index contributed by atoms with van der Waals surface area (Å²) < 4.78 is 13.3. The predicted octanol–water partition coefficient (Wildman–Crippen LogP) is 2.35. The number of hydrogen-bond acceptors (Lipinski definition) is 3. The first-order chi connectivity index (χ1) is 13.6. The van der Waals surface area contributed by atoms with Crippen molar-refractivity contribution >= 4 is 11.8 Å². The molecule has 0 spiro atoms. The Balaban J connectivity index is 1.27. The summed E-state index contributed by atoms with van der Waals surface area (Å²) in [6.07, 6.45) is 6.40. The van der Waals surface area contributed by atoms with Crippen molar-refractivity contribution in [3.63, 3.8) is 0 Å². The fourth-order valence-electron chi connectivity index (χ4n) is 5.07. The van der Waals surface area contributed by atoms with Crippen molar-refractivity contribution < 1.29 is 14.0 Å². The minimum absolute atomic E-state index is 0.00910. The van der Waals surface area contributed by atoms with Crippen molar-refractivity contribution in [2.75, 3.05) is 26.2 Å². The molecule has 3 aliphatic heterocycles. The minimum Gasteiger partial charge on any atom is -0.341 e. The lowest BCUT2D eigenvalue weighted by Crippen LogP contribution is -2.41. The molecule has 0 aromatic heterocycles. The van der Waals surface area contributed by atoms with Crippen molar-refractivity contribution in [3.8, 4) is 0 Å². The predicted molar refractivity (Wildman–Crippen MR) is 105 cm³/mol. The average Bonchev–Trinajstić information content (AvgIpc) is 2.86. The summed E-state index contributed by atoms with van der Waals surface area (Å²) in [5.74, 6) is 0.435. The Hall–Kier alpha value is -1.95. The van der Waals surface area contributed by atoms with Crippen LogP contribution in [0.3, 0.4) is 0 Å². The molecule has 1 aromatic carbocycles. The van der Waals surface area contributed by atoms with Gasteiger partial charge in [-0.25, -0.2) is 4.39 Å². The molecule has 4 rings (SSSR count). The molecule has 28 heavy (non-hydrogen) atoms. The second kappa shape index (κ2) is 8.60. The van der Waals surface area contributed by atoms with Gasteiger partial charge in [-0.05, 0) is 55.7 Å². The molecule has 2 unspecified atom stereocenters. The highest BCUT2D eigenvalue weighted by atomic mass is 19.1. The topological polar surface area (TPSA) is 52.7 Å². The monoisotopic (exact) mass is 387 g/mol. The Kier molecular flexibility index (Phi) is 5.95. The van der Waals surface area contributed by atoms with E-state index in [-0.39, 0.29) is 24.1 Å². The molecule has 2 atom stereocenters. The molecule has 2 amide bonds. The van der Waals surface area contributed by atoms with Crippen molar-refractivity contribution in [2.24, 2.45) is 5.92 Å². The molecular weight excluding hydrogens is 357 g/mol. The largest absolute Gasteiger partial charge is 0.341 e. The molecule has 3 fully saturated rings. The van der Waals surface area contributed by atoms with Crippen molar-refractivity contribution in [1.82, 2.24) is 15.1 Å². The van der Waals surface area contributed by atoms with Crippen LogP contribution in [0, 0.1) is 11.7 Å². The Labute approximate surface area is 166 Å². The highest BCUT2D eigenvalue weighted by molar-refractivity contribution is 5.79. The number of benzene rings is 1. The van der Waals surface area contributed by atoms with E-state index in [9.17, 15) is 14.0 Å². The zero-order valence-electron chi connectivity index (χ0n) is 16.4. The lowest BCUT2D eigenvalue weighted by molar-refractivity contribution is -0.134. The lowest BCUT2D eigenvalue weighted by atomic mass is 9.89. The minimum atomic E-state index is -0.315. The van der Waals surface area contributed by atoms with E-state index in [1.807, 2.05) is 9.80 Å². The van der Waals surface area contributed by atoms with E-state index < -0.39 is 0 Å². The number of amides is 2. The van der Waals surface area contributed by atoms with E-state index in [0.29, 0.717) is 49.6 Å². The van der Waals surface area contributed by atoms with Crippen LogP contribution in [0.2, 0.25) is 0 Å². The quantitative estimate of drug-likeness (QED) is 0.863. The zero-order valence-corrected chi connectivity index (χ0v) is 16.4. The second-order valence-corrected chi connectivity index (χ2v) is 8.60. The first-order valence-corrected chi connectivity index (χ1v) is 10.6. The fourth-order valence-corrected chi connectivity index (χ4v) is 5.07. The summed E-state index contributed by atoms with van der Waals surface area (Å²) in [5.41, 5.74) is 0.697. The van der Waals surface area contributed by atoms with Gasteiger partial charge in [-0.15, -0.1) is 0 Å². The van der Waals surface area contributed by atoms with Gasteiger partial charge in [0, 0.05) is 44.7 Å². The van der Waals surface area contributed by atoms with Gasteiger partial charge in [-0.2, -0.15) is 0 Å². The number of rotatable bonds is 4. The molecule has 2 bridgehead atoms. The van der Waals surface area contributed by atoms with Gasteiger partial charge in [-0.1, -0.05) is 12.1 Å². The SMILES string of the molecule is O=C(Cc1cccc(F)c1)N1CCCN(C(=O)CC2CC3CCC(C2)N3)CC1. The van der Waals surface area contributed by atoms with Gasteiger partial charge in [0.1, 0.15) is 5.82 Å². The summed E-state index contributed by atoms with van der Waals surface area (Å²) in [4.78, 5) is 29.2. The number of hydrogen-bond donors (Lipinski definition) is 1. The smallest absolute Gasteiger partial charge is 0.227 e. The van der Waals surface area contributed by atoms with Crippen LogP contribution in [0.5, 0.6) is 0 Å². The zero-order chi connectivity index (χ0) is 19.5. The van der Waals surface area contributed by atoms with E-state index in [1.54, 1.807) is 12.1 Å². The number of halogens is 1. The molecule has 0 saturated carbocycles. The van der Waals surface area contributed by atoms with Crippen LogP contribution in [0.15, 0.2) is 24.3 Å². The molecule has 3 aliphatic rings. The van der Waals surface area contributed by atoms with Crippen LogP contribution in [0.1, 0.15) is 44.1 Å². The summed E-state index contributed by atoms with van der Waals surface area (Å²) in [6, 6.07) is 7.43. The van der Waals surface area contributed by atoms with Gasteiger partial charge in [0.25, 0.3) is 0 Å². The van der Waals surface area contributed by atoms with Crippen molar-refractivity contribution in [1.29, 1.82) is 0 Å². The maximum absolute atomic E-state index is 13.3. The average molecular weight is 387 g/mol. The van der Waals surface area contributed by atoms with Crippen molar-refractivity contribution in [2.45, 2.75) is 57.0 Å². The number of piperidine rings is 1. The highest BCUT2D eigenvalue weighted by Gasteiger charge is 2.35. The normalized spacial score (nSPS) is 27.5. The third kappa shape index (κ3) is 4.72. The third-order valence-electron chi connectivity index (χ3n) is 6.48. The maximum Gasteiger partial charge on any atom is 0.227 e. The molecule has 5 nitrogen and oxygen atoms in total. The van der Waals surface area contributed by atoms with Gasteiger partial charge in [0.15, 0.2) is 0 Å². The molecule has 6 heteroatoms. The Morgan fingerprint density at radius 1 is 1.00 bits per heavy atom. The van der Waals surface area contributed by atoms with E-state index in [4.69, 9.17) is 0 Å². The number of carbonyl (C=O) groups is 2. The van der Waals surface area contributed by atoms with E-state index >= 15 is 0 Å². The van der Waals surface area contributed by atoms with Gasteiger partial charge >= 0.3 is 0 Å². The van der Waals surface area contributed by atoms with Crippen LogP contribution >= 0.6 is 0 Å². The third-order valence-corrected chi connectivity index (χ3v) is 6.48. The van der Waals surface area contributed by atoms with Crippen LogP contribution in [0.25, 0.3) is 0 Å². The van der Waals surface area contributed by atoms with Crippen LogP contribution in [-0.4, -0.2) is 59.9 Å². The molecule has 0 radical (unpaired) electrons. The second-order valence-electron chi connectivity index (χ2n) is 8.60. The molecule has 0 aliphatic carbocycles. The molecule has 3 saturated heterocycles. The number of nitrogens with zero attached hydrogens (tertiary/aromatic N) is 2. The van der Waals surface area contributed by atoms with E-state index in [2.05, 4.69) is 5.32 Å². The van der Waals surface area contributed by atoms with Gasteiger partial charge in [0.05, 0.1) is 6.42 Å². The number of carbonyl (C=O) groups excluding carboxylic acids is 2. The van der Waals surface area contributed by atoms with Gasteiger partial charge < -0.3 is 15.1 Å². The molecule has 1 N–H and O–H groups in total. The van der Waals surface area contributed by atoms with E-state index in [1.165, 1.54) is 25.0 Å².